The van der Waals surface area contributed by atoms with Crippen LogP contribution in [0.3, 0.4) is 0 Å². The molecule has 1 unspecified atom stereocenters. The van der Waals surface area contributed by atoms with Crippen LogP contribution in [-0.4, -0.2) is 37.3 Å². The molecule has 0 fully saturated rings. The predicted octanol–water partition coefficient (Wildman–Crippen LogP) is 3.21. The molecule has 25 heavy (non-hydrogen) atoms. The van der Waals surface area contributed by atoms with Crippen LogP contribution in [0.5, 0.6) is 0 Å². The zero-order valence-corrected chi connectivity index (χ0v) is 14.8. The summed E-state index contributed by atoms with van der Waals surface area (Å²) in [5.74, 6) is -0.186. The van der Waals surface area contributed by atoms with Crippen molar-refractivity contribution in [3.8, 4) is 11.4 Å². The van der Waals surface area contributed by atoms with Gasteiger partial charge in [-0.05, 0) is 25.3 Å². The maximum absolute atomic E-state index is 12.3. The number of esters is 1. The van der Waals surface area contributed by atoms with Crippen LogP contribution in [-0.2, 0) is 4.74 Å². The second-order valence-corrected chi connectivity index (χ2v) is 5.98. The maximum atomic E-state index is 12.3. The third-order valence-corrected chi connectivity index (χ3v) is 3.93. The highest BCUT2D eigenvalue weighted by atomic mass is 35.5. The van der Waals surface area contributed by atoms with E-state index in [-0.39, 0.29) is 16.6 Å². The summed E-state index contributed by atoms with van der Waals surface area (Å²) in [5, 5.41) is 4.39. The Balaban J connectivity index is 1.75. The van der Waals surface area contributed by atoms with Gasteiger partial charge in [0.25, 0.3) is 5.89 Å². The van der Waals surface area contributed by atoms with Crippen molar-refractivity contribution in [2.24, 2.45) is 0 Å². The Labute approximate surface area is 152 Å². The molecule has 0 aliphatic carbocycles. The molecule has 10 heteroatoms. The average molecular weight is 378 g/mol. The number of carbonyl (C=O) groups is 1. The molecule has 0 aromatic carbocycles. The number of aromatic nitrogens is 5. The molecule has 3 aromatic heterocycles. The molecule has 0 spiro atoms. The average Bonchev–Trinajstić information content (AvgIpc) is 3.13. The Bertz CT molecular complexity index is 890. The fourth-order valence-electron chi connectivity index (χ4n) is 1.87. The number of pyridine rings is 1. The number of nitrogens with zero attached hydrogens (tertiary/aromatic N) is 5. The van der Waals surface area contributed by atoms with E-state index in [9.17, 15) is 4.79 Å². The molecule has 8 nitrogen and oxygen atoms in total. The Morgan fingerprint density at radius 3 is 2.92 bits per heavy atom. The molecule has 1 atom stereocenters. The molecule has 0 aliphatic rings. The van der Waals surface area contributed by atoms with Gasteiger partial charge < -0.3 is 9.26 Å². The summed E-state index contributed by atoms with van der Waals surface area (Å²) in [5.41, 5.74) is 0.680. The first-order chi connectivity index (χ1) is 12.1. The van der Waals surface area contributed by atoms with Crippen molar-refractivity contribution >= 4 is 29.3 Å². The third kappa shape index (κ3) is 3.94. The highest BCUT2D eigenvalue weighted by Crippen LogP contribution is 2.23. The second kappa shape index (κ2) is 7.58. The summed E-state index contributed by atoms with van der Waals surface area (Å²) in [7, 11) is 0. The highest BCUT2D eigenvalue weighted by molar-refractivity contribution is 7.98. The van der Waals surface area contributed by atoms with E-state index in [0.29, 0.717) is 16.5 Å². The van der Waals surface area contributed by atoms with Crippen LogP contribution in [0.1, 0.15) is 29.4 Å². The van der Waals surface area contributed by atoms with Crippen molar-refractivity contribution in [2.45, 2.75) is 18.2 Å². The maximum Gasteiger partial charge on any atom is 0.359 e. The van der Waals surface area contributed by atoms with Gasteiger partial charge in [-0.1, -0.05) is 28.5 Å². The van der Waals surface area contributed by atoms with E-state index in [1.807, 2.05) is 0 Å². The van der Waals surface area contributed by atoms with Crippen LogP contribution in [0.15, 0.2) is 40.4 Å². The topological polar surface area (TPSA) is 104 Å². The molecule has 3 heterocycles. The van der Waals surface area contributed by atoms with Gasteiger partial charge in [0.15, 0.2) is 17.0 Å². The van der Waals surface area contributed by atoms with Gasteiger partial charge >= 0.3 is 5.97 Å². The Morgan fingerprint density at radius 2 is 2.20 bits per heavy atom. The summed E-state index contributed by atoms with van der Waals surface area (Å²) in [6.45, 7) is 1.61. The van der Waals surface area contributed by atoms with Crippen molar-refractivity contribution in [3.63, 3.8) is 0 Å². The van der Waals surface area contributed by atoms with Gasteiger partial charge in [0.2, 0.25) is 5.82 Å². The standard InChI is InChI=1S/C15H12ClN5O3S/c1-8(13-20-12(21-24-13)9-4-3-5-17-6-9)23-14(22)11-10(16)7-18-15(19-11)25-2/h3-8H,1-2H3. The minimum atomic E-state index is -0.769. The summed E-state index contributed by atoms with van der Waals surface area (Å²) in [6.07, 6.45) is 5.63. The van der Waals surface area contributed by atoms with E-state index >= 15 is 0 Å². The molecule has 0 bridgehead atoms. The van der Waals surface area contributed by atoms with E-state index in [4.69, 9.17) is 20.9 Å². The number of rotatable bonds is 5. The van der Waals surface area contributed by atoms with Gasteiger partial charge in [-0.25, -0.2) is 14.8 Å². The Morgan fingerprint density at radius 1 is 1.36 bits per heavy atom. The Hall–Kier alpha value is -2.52. The molecule has 128 valence electrons. The van der Waals surface area contributed by atoms with Gasteiger partial charge in [-0.3, -0.25) is 4.98 Å². The summed E-state index contributed by atoms with van der Waals surface area (Å²) in [6, 6.07) is 3.55. The van der Waals surface area contributed by atoms with E-state index in [1.54, 1.807) is 37.7 Å². The molecule has 0 amide bonds. The molecule has 0 N–H and O–H groups in total. The fraction of sp³-hybridized carbons (Fsp3) is 0.200. The zero-order valence-electron chi connectivity index (χ0n) is 13.2. The number of thioether (sulfide) groups is 1. The monoisotopic (exact) mass is 377 g/mol. The first-order valence-electron chi connectivity index (χ1n) is 7.10. The third-order valence-electron chi connectivity index (χ3n) is 3.09. The van der Waals surface area contributed by atoms with Crippen molar-refractivity contribution in [1.82, 2.24) is 25.1 Å². The molecule has 0 aliphatic heterocycles. The van der Waals surface area contributed by atoms with Gasteiger partial charge in [0.1, 0.15) is 0 Å². The normalized spacial score (nSPS) is 12.0. The van der Waals surface area contributed by atoms with Gasteiger partial charge in [-0.2, -0.15) is 4.98 Å². The first kappa shape index (κ1) is 17.3. The minimum absolute atomic E-state index is 0.0140. The fourth-order valence-corrected chi connectivity index (χ4v) is 2.38. The lowest BCUT2D eigenvalue weighted by Gasteiger charge is -2.09. The van der Waals surface area contributed by atoms with Crippen molar-refractivity contribution in [1.29, 1.82) is 0 Å². The number of hydrogen-bond donors (Lipinski definition) is 0. The molecule has 3 aromatic rings. The van der Waals surface area contributed by atoms with Gasteiger partial charge in [0, 0.05) is 18.0 Å². The van der Waals surface area contributed by atoms with Gasteiger partial charge in [-0.15, -0.1) is 0 Å². The van der Waals surface area contributed by atoms with E-state index < -0.39 is 12.1 Å². The van der Waals surface area contributed by atoms with Crippen molar-refractivity contribution in [3.05, 3.63) is 47.3 Å². The molecular formula is C15H12ClN5O3S. The lowest BCUT2D eigenvalue weighted by molar-refractivity contribution is 0.0257. The summed E-state index contributed by atoms with van der Waals surface area (Å²) in [4.78, 5) is 28.5. The number of carbonyl (C=O) groups excluding carboxylic acids is 1. The quantitative estimate of drug-likeness (QED) is 0.376. The number of ether oxygens (including phenoxy) is 1. The molecule has 3 rings (SSSR count). The molecule has 0 saturated heterocycles. The number of hydrogen-bond acceptors (Lipinski definition) is 9. The number of halogens is 1. The van der Waals surface area contributed by atoms with Crippen LogP contribution in [0.25, 0.3) is 11.4 Å². The molecule has 0 saturated carbocycles. The van der Waals surface area contributed by atoms with Crippen LogP contribution < -0.4 is 0 Å². The zero-order chi connectivity index (χ0) is 17.8. The largest absolute Gasteiger partial charge is 0.448 e. The highest BCUT2D eigenvalue weighted by Gasteiger charge is 2.23. The van der Waals surface area contributed by atoms with E-state index in [1.165, 1.54) is 18.0 Å². The Kier molecular flexibility index (Phi) is 5.25. The van der Waals surface area contributed by atoms with Crippen LogP contribution in [0.4, 0.5) is 0 Å². The SMILES string of the molecule is CSc1ncc(Cl)c(C(=O)OC(C)c2nc(-c3cccnc3)no2)n1. The van der Waals surface area contributed by atoms with Crippen molar-refractivity contribution < 1.29 is 14.1 Å². The lowest BCUT2D eigenvalue weighted by Crippen LogP contribution is -2.12. The molecular weight excluding hydrogens is 366 g/mol. The second-order valence-electron chi connectivity index (χ2n) is 4.80. The molecule has 0 radical (unpaired) electrons. The summed E-state index contributed by atoms with van der Waals surface area (Å²) < 4.78 is 10.5. The first-order valence-corrected chi connectivity index (χ1v) is 8.70. The minimum Gasteiger partial charge on any atom is -0.448 e. The lowest BCUT2D eigenvalue weighted by atomic mass is 10.3. The van der Waals surface area contributed by atoms with Crippen molar-refractivity contribution in [2.75, 3.05) is 6.26 Å². The summed E-state index contributed by atoms with van der Waals surface area (Å²) >= 11 is 7.26. The van der Waals surface area contributed by atoms with E-state index in [0.717, 1.165) is 0 Å². The smallest absolute Gasteiger partial charge is 0.359 e. The van der Waals surface area contributed by atoms with Crippen LogP contribution >= 0.6 is 23.4 Å². The van der Waals surface area contributed by atoms with Crippen LogP contribution in [0, 0.1) is 0 Å². The van der Waals surface area contributed by atoms with Gasteiger partial charge in [0.05, 0.1) is 11.2 Å². The van der Waals surface area contributed by atoms with Crippen LogP contribution in [0.2, 0.25) is 5.02 Å². The predicted molar refractivity (Wildman–Crippen MR) is 90.2 cm³/mol. The van der Waals surface area contributed by atoms with E-state index in [2.05, 4.69) is 25.1 Å².